The third-order valence-corrected chi connectivity index (χ3v) is 3.39. The van der Waals surface area contributed by atoms with Crippen LogP contribution in [0.2, 0.25) is 0 Å². The van der Waals surface area contributed by atoms with E-state index in [-0.39, 0.29) is 0 Å². The summed E-state index contributed by atoms with van der Waals surface area (Å²) in [5, 5.41) is 3.66. The van der Waals surface area contributed by atoms with Crippen LogP contribution in [0.4, 0.5) is 0 Å². The fraction of sp³-hybridized carbons (Fsp3) is 1.00. The number of rotatable bonds is 5. The van der Waals surface area contributed by atoms with E-state index in [4.69, 9.17) is 0 Å². The maximum absolute atomic E-state index is 3.66. The summed E-state index contributed by atoms with van der Waals surface area (Å²) in [5.41, 5.74) is 0.497. The van der Waals surface area contributed by atoms with Crippen LogP contribution >= 0.6 is 0 Å². The van der Waals surface area contributed by atoms with Gasteiger partial charge in [0.1, 0.15) is 0 Å². The smallest absolute Gasteiger partial charge is 0.00954 e. The first-order valence-corrected chi connectivity index (χ1v) is 6.26. The summed E-state index contributed by atoms with van der Waals surface area (Å²) >= 11 is 0. The molecule has 1 heteroatoms. The zero-order valence-electron chi connectivity index (χ0n) is 10.4. The van der Waals surface area contributed by atoms with Gasteiger partial charge in [0.25, 0.3) is 0 Å². The Balaban J connectivity index is 2.27. The Morgan fingerprint density at radius 3 is 2.29 bits per heavy atom. The molecule has 0 bridgehead atoms. The molecular weight excluding hydrogens is 170 g/mol. The van der Waals surface area contributed by atoms with Gasteiger partial charge in [-0.3, -0.25) is 0 Å². The topological polar surface area (TPSA) is 12.0 Å². The van der Waals surface area contributed by atoms with Gasteiger partial charge in [-0.2, -0.15) is 0 Å². The van der Waals surface area contributed by atoms with Gasteiger partial charge < -0.3 is 5.32 Å². The Hall–Kier alpha value is -0.0400. The van der Waals surface area contributed by atoms with E-state index in [0.29, 0.717) is 5.41 Å². The van der Waals surface area contributed by atoms with E-state index in [1.807, 2.05) is 0 Å². The Bertz CT molecular complexity index is 153. The van der Waals surface area contributed by atoms with E-state index in [1.54, 1.807) is 0 Å². The third-order valence-electron chi connectivity index (χ3n) is 3.39. The molecule has 0 heterocycles. The second-order valence-electron chi connectivity index (χ2n) is 5.95. The molecule has 0 aliphatic heterocycles. The van der Waals surface area contributed by atoms with Crippen LogP contribution in [0.15, 0.2) is 0 Å². The zero-order chi connectivity index (χ0) is 10.6. The van der Waals surface area contributed by atoms with E-state index in [1.165, 1.54) is 32.1 Å². The summed E-state index contributed by atoms with van der Waals surface area (Å²) in [6, 6.07) is 0.799. The molecule has 1 N–H and O–H groups in total. The molecule has 0 aromatic carbocycles. The molecule has 1 saturated carbocycles. The van der Waals surface area contributed by atoms with E-state index in [2.05, 4.69) is 33.0 Å². The lowest BCUT2D eigenvalue weighted by atomic mass is 9.76. The highest BCUT2D eigenvalue weighted by Crippen LogP contribution is 2.33. The van der Waals surface area contributed by atoms with Crippen LogP contribution in [0.3, 0.4) is 0 Å². The molecular formula is C13H27N. The van der Waals surface area contributed by atoms with Crippen molar-refractivity contribution in [2.45, 2.75) is 65.8 Å². The molecule has 14 heavy (non-hydrogen) atoms. The van der Waals surface area contributed by atoms with Gasteiger partial charge in [-0.1, -0.05) is 34.1 Å². The summed E-state index contributed by atoms with van der Waals surface area (Å²) in [6.07, 6.45) is 7.09. The van der Waals surface area contributed by atoms with Crippen LogP contribution in [-0.2, 0) is 0 Å². The Morgan fingerprint density at radius 1 is 1.29 bits per heavy atom. The molecule has 1 rings (SSSR count). The predicted molar refractivity (Wildman–Crippen MR) is 63.5 cm³/mol. The monoisotopic (exact) mass is 197 g/mol. The van der Waals surface area contributed by atoms with Crippen LogP contribution in [0.1, 0.15) is 59.8 Å². The first-order valence-electron chi connectivity index (χ1n) is 6.26. The molecule has 1 nitrogen and oxygen atoms in total. The summed E-state index contributed by atoms with van der Waals surface area (Å²) in [6.45, 7) is 10.4. The maximum atomic E-state index is 3.66. The minimum absolute atomic E-state index is 0.497. The lowest BCUT2D eigenvalue weighted by Crippen LogP contribution is -2.40. The summed E-state index contributed by atoms with van der Waals surface area (Å²) in [7, 11) is 0. The van der Waals surface area contributed by atoms with Gasteiger partial charge in [-0.05, 0) is 43.6 Å². The molecule has 0 saturated heterocycles. The Kier molecular flexibility index (Phi) is 4.43. The SMILES string of the molecule is CCNC(CCC(C)(C)C)C1CCC1. The number of nitrogens with one attached hydrogen (secondary N) is 1. The summed E-state index contributed by atoms with van der Waals surface area (Å²) in [5.74, 6) is 0.984. The van der Waals surface area contributed by atoms with Crippen LogP contribution in [0.5, 0.6) is 0 Å². The third kappa shape index (κ3) is 4.00. The minimum atomic E-state index is 0.497. The zero-order valence-corrected chi connectivity index (χ0v) is 10.4. The molecule has 0 radical (unpaired) electrons. The highest BCUT2D eigenvalue weighted by Gasteiger charge is 2.27. The van der Waals surface area contributed by atoms with Gasteiger partial charge >= 0.3 is 0 Å². The van der Waals surface area contributed by atoms with Crippen LogP contribution in [0.25, 0.3) is 0 Å². The van der Waals surface area contributed by atoms with Gasteiger partial charge in [0.15, 0.2) is 0 Å². The van der Waals surface area contributed by atoms with E-state index >= 15 is 0 Å². The number of hydrogen-bond acceptors (Lipinski definition) is 1. The van der Waals surface area contributed by atoms with Crippen molar-refractivity contribution in [3.8, 4) is 0 Å². The highest BCUT2D eigenvalue weighted by molar-refractivity contribution is 4.83. The quantitative estimate of drug-likeness (QED) is 0.710. The van der Waals surface area contributed by atoms with Crippen molar-refractivity contribution < 1.29 is 0 Å². The molecule has 0 spiro atoms. The van der Waals surface area contributed by atoms with Crippen molar-refractivity contribution in [2.24, 2.45) is 11.3 Å². The Morgan fingerprint density at radius 2 is 1.93 bits per heavy atom. The molecule has 1 unspecified atom stereocenters. The fourth-order valence-electron chi connectivity index (χ4n) is 2.20. The van der Waals surface area contributed by atoms with Crippen LogP contribution in [-0.4, -0.2) is 12.6 Å². The van der Waals surface area contributed by atoms with Gasteiger partial charge in [0.2, 0.25) is 0 Å². The standard InChI is InChI=1S/C13H27N/c1-5-14-12(11-7-6-8-11)9-10-13(2,3)4/h11-12,14H,5-10H2,1-4H3. The first-order chi connectivity index (χ1) is 6.53. The van der Waals surface area contributed by atoms with Crippen LogP contribution < -0.4 is 5.32 Å². The van der Waals surface area contributed by atoms with Gasteiger partial charge in [-0.25, -0.2) is 0 Å². The summed E-state index contributed by atoms with van der Waals surface area (Å²) in [4.78, 5) is 0. The largest absolute Gasteiger partial charge is 0.314 e. The van der Waals surface area contributed by atoms with E-state index in [9.17, 15) is 0 Å². The van der Waals surface area contributed by atoms with Gasteiger partial charge in [0.05, 0.1) is 0 Å². The molecule has 1 fully saturated rings. The van der Waals surface area contributed by atoms with Crippen molar-refractivity contribution in [2.75, 3.05) is 6.54 Å². The maximum Gasteiger partial charge on any atom is 0.00954 e. The van der Waals surface area contributed by atoms with Gasteiger partial charge in [0, 0.05) is 6.04 Å². The molecule has 0 aromatic rings. The van der Waals surface area contributed by atoms with Crippen molar-refractivity contribution in [3.63, 3.8) is 0 Å². The number of hydrogen-bond donors (Lipinski definition) is 1. The molecule has 0 aromatic heterocycles. The van der Waals surface area contributed by atoms with E-state index < -0.39 is 0 Å². The fourth-order valence-corrected chi connectivity index (χ4v) is 2.20. The van der Waals surface area contributed by atoms with Crippen molar-refractivity contribution in [1.29, 1.82) is 0 Å². The minimum Gasteiger partial charge on any atom is -0.314 e. The lowest BCUT2D eigenvalue weighted by Gasteiger charge is -2.35. The normalized spacial score (nSPS) is 20.6. The molecule has 1 aliphatic carbocycles. The highest BCUT2D eigenvalue weighted by atomic mass is 14.9. The average Bonchev–Trinajstić information content (AvgIpc) is 1.95. The van der Waals surface area contributed by atoms with E-state index in [0.717, 1.165) is 18.5 Å². The molecule has 84 valence electrons. The lowest BCUT2D eigenvalue weighted by molar-refractivity contribution is 0.201. The predicted octanol–water partition coefficient (Wildman–Crippen LogP) is 3.59. The molecule has 1 atom stereocenters. The Labute approximate surface area is 89.7 Å². The second-order valence-corrected chi connectivity index (χ2v) is 5.95. The molecule has 0 amide bonds. The van der Waals surface area contributed by atoms with Crippen molar-refractivity contribution >= 4 is 0 Å². The average molecular weight is 197 g/mol. The molecule has 1 aliphatic rings. The van der Waals surface area contributed by atoms with Crippen LogP contribution in [0, 0.1) is 11.3 Å². The first kappa shape index (κ1) is 12.0. The second kappa shape index (κ2) is 5.16. The summed E-state index contributed by atoms with van der Waals surface area (Å²) < 4.78 is 0. The van der Waals surface area contributed by atoms with Crippen molar-refractivity contribution in [1.82, 2.24) is 5.32 Å². The van der Waals surface area contributed by atoms with Gasteiger partial charge in [-0.15, -0.1) is 0 Å². The van der Waals surface area contributed by atoms with Crippen molar-refractivity contribution in [3.05, 3.63) is 0 Å².